The molecule has 168 valence electrons. The highest BCUT2D eigenvalue weighted by Gasteiger charge is 2.42. The molecular weight excluding hydrogens is 400 g/mol. The van der Waals surface area contributed by atoms with Crippen LogP contribution in [0.3, 0.4) is 0 Å². The molecule has 0 saturated carbocycles. The Kier molecular flexibility index (Phi) is 6.38. The smallest absolute Gasteiger partial charge is 0.411 e. The van der Waals surface area contributed by atoms with Gasteiger partial charge < -0.3 is 19.6 Å². The van der Waals surface area contributed by atoms with E-state index in [1.165, 1.54) is 0 Å². The summed E-state index contributed by atoms with van der Waals surface area (Å²) < 4.78 is 6.14. The molecule has 2 aliphatic heterocycles. The number of carbonyl (C=O) groups excluding carboxylic acids is 1. The minimum absolute atomic E-state index is 0.0766. The van der Waals surface area contributed by atoms with Crippen LogP contribution in [-0.2, 0) is 10.3 Å². The number of cyclic esters (lactones) is 1. The van der Waals surface area contributed by atoms with Crippen molar-refractivity contribution in [3.05, 3.63) is 89.6 Å². The fraction of sp³-hybridized carbons (Fsp3) is 0.370. The zero-order valence-corrected chi connectivity index (χ0v) is 19.1. The molecule has 5 heteroatoms. The summed E-state index contributed by atoms with van der Waals surface area (Å²) in [5.74, 6) is 0. The van der Waals surface area contributed by atoms with Crippen LogP contribution in [0.15, 0.2) is 72.9 Å². The van der Waals surface area contributed by atoms with Gasteiger partial charge in [0.05, 0.1) is 6.04 Å². The lowest BCUT2D eigenvalue weighted by molar-refractivity contribution is -0.0658. The Morgan fingerprint density at radius 1 is 1.16 bits per heavy atom. The van der Waals surface area contributed by atoms with Gasteiger partial charge in [-0.3, -0.25) is 0 Å². The molecule has 0 spiro atoms. The first-order chi connectivity index (χ1) is 15.4. The van der Waals surface area contributed by atoms with Crippen molar-refractivity contribution in [1.29, 1.82) is 0 Å². The van der Waals surface area contributed by atoms with E-state index in [0.717, 1.165) is 41.5 Å². The number of ether oxygens (including phenoxy) is 1. The van der Waals surface area contributed by atoms with Crippen molar-refractivity contribution in [2.75, 3.05) is 13.6 Å². The van der Waals surface area contributed by atoms with E-state index in [9.17, 15) is 9.90 Å². The van der Waals surface area contributed by atoms with E-state index in [2.05, 4.69) is 50.2 Å². The first-order valence-electron chi connectivity index (χ1n) is 11.4. The number of aliphatic hydroxyl groups excluding tert-OH is 1. The second kappa shape index (κ2) is 9.21. The van der Waals surface area contributed by atoms with Crippen molar-refractivity contribution in [2.45, 2.75) is 51.0 Å². The first kappa shape index (κ1) is 22.2. The zero-order valence-electron chi connectivity index (χ0n) is 19.1. The molecule has 2 aromatic rings. The van der Waals surface area contributed by atoms with E-state index in [-0.39, 0.29) is 12.1 Å². The van der Waals surface area contributed by atoms with Gasteiger partial charge in [-0.2, -0.15) is 0 Å². The Morgan fingerprint density at radius 3 is 2.50 bits per heavy atom. The van der Waals surface area contributed by atoms with Crippen molar-refractivity contribution in [3.63, 3.8) is 0 Å². The maximum absolute atomic E-state index is 13.1. The van der Waals surface area contributed by atoms with Crippen LogP contribution in [0.25, 0.3) is 5.57 Å². The van der Waals surface area contributed by atoms with Gasteiger partial charge in [0.15, 0.2) is 0 Å². The molecule has 0 aromatic heterocycles. The Hall–Kier alpha value is -3.05. The van der Waals surface area contributed by atoms with Gasteiger partial charge in [-0.1, -0.05) is 74.0 Å². The van der Waals surface area contributed by atoms with E-state index in [0.29, 0.717) is 6.54 Å². The van der Waals surface area contributed by atoms with Crippen molar-refractivity contribution < 1.29 is 14.6 Å². The SMILES string of the molecule is CCCC1(c2ccccc2)CCN(C(C)c2ccc(C3=CN(C)C(O)C=C3)cc2)C(=O)O1. The third-order valence-corrected chi connectivity index (χ3v) is 6.63. The summed E-state index contributed by atoms with van der Waals surface area (Å²) in [5, 5.41) is 9.82. The van der Waals surface area contributed by atoms with E-state index < -0.39 is 11.8 Å². The zero-order chi connectivity index (χ0) is 22.7. The molecule has 4 rings (SSSR count). The number of hydrogen-bond donors (Lipinski definition) is 1. The van der Waals surface area contributed by atoms with Crippen molar-refractivity contribution in [3.8, 4) is 0 Å². The molecule has 2 heterocycles. The lowest BCUT2D eigenvalue weighted by Crippen LogP contribution is -2.48. The van der Waals surface area contributed by atoms with Crippen molar-refractivity contribution >= 4 is 11.7 Å². The summed E-state index contributed by atoms with van der Waals surface area (Å²) >= 11 is 0. The van der Waals surface area contributed by atoms with Gasteiger partial charge in [-0.15, -0.1) is 0 Å². The molecular formula is C27H32N2O3. The summed E-state index contributed by atoms with van der Waals surface area (Å²) in [7, 11) is 1.85. The number of amides is 1. The second-order valence-corrected chi connectivity index (χ2v) is 8.74. The van der Waals surface area contributed by atoms with Crippen LogP contribution in [0.1, 0.15) is 55.8 Å². The lowest BCUT2D eigenvalue weighted by Gasteiger charge is -2.43. The molecule has 3 unspecified atom stereocenters. The predicted molar refractivity (Wildman–Crippen MR) is 127 cm³/mol. The number of likely N-dealkylation sites (N-methyl/N-ethyl adjacent to an activating group) is 1. The van der Waals surface area contributed by atoms with Crippen LogP contribution in [0, 0.1) is 0 Å². The van der Waals surface area contributed by atoms with Gasteiger partial charge in [0.2, 0.25) is 0 Å². The fourth-order valence-electron chi connectivity index (χ4n) is 4.66. The molecule has 1 saturated heterocycles. The minimum atomic E-state index is -0.584. The number of aliphatic hydroxyl groups is 1. The second-order valence-electron chi connectivity index (χ2n) is 8.74. The fourth-order valence-corrected chi connectivity index (χ4v) is 4.66. The Bertz CT molecular complexity index is 999. The van der Waals surface area contributed by atoms with Crippen molar-refractivity contribution in [2.24, 2.45) is 0 Å². The molecule has 3 atom stereocenters. The van der Waals surface area contributed by atoms with E-state index in [4.69, 9.17) is 4.74 Å². The number of hydrogen-bond acceptors (Lipinski definition) is 4. The third kappa shape index (κ3) is 4.30. The van der Waals surface area contributed by atoms with E-state index in [1.54, 1.807) is 11.0 Å². The van der Waals surface area contributed by atoms with Gasteiger partial charge in [-0.25, -0.2) is 4.79 Å². The van der Waals surface area contributed by atoms with Crippen LogP contribution in [0.5, 0.6) is 0 Å². The number of nitrogens with zero attached hydrogens (tertiary/aromatic N) is 2. The summed E-state index contributed by atoms with van der Waals surface area (Å²) in [4.78, 5) is 16.7. The summed E-state index contributed by atoms with van der Waals surface area (Å²) in [6.45, 7) is 4.84. The number of allylic oxidation sites excluding steroid dienone is 2. The molecule has 1 fully saturated rings. The highest BCUT2D eigenvalue weighted by Crippen LogP contribution is 2.40. The third-order valence-electron chi connectivity index (χ3n) is 6.63. The standard InChI is InChI=1S/C27H32N2O3/c1-4-16-27(24-8-6-5-7-9-24)17-18-29(26(31)32-27)20(2)21-10-12-22(13-11-21)23-14-15-25(30)28(3)19-23/h5-15,19-20,25,30H,4,16-18H2,1-3H3. The average Bonchev–Trinajstić information content (AvgIpc) is 2.81. The number of rotatable bonds is 6. The topological polar surface area (TPSA) is 53.0 Å². The van der Waals surface area contributed by atoms with E-state index >= 15 is 0 Å². The largest absolute Gasteiger partial charge is 0.438 e. The molecule has 1 N–H and O–H groups in total. The van der Waals surface area contributed by atoms with Crippen LogP contribution < -0.4 is 0 Å². The normalized spacial score (nSPS) is 24.2. The highest BCUT2D eigenvalue weighted by molar-refractivity contribution is 5.75. The first-order valence-corrected chi connectivity index (χ1v) is 11.4. The minimum Gasteiger partial charge on any atom is -0.438 e. The number of benzene rings is 2. The molecule has 0 bridgehead atoms. The lowest BCUT2D eigenvalue weighted by atomic mass is 9.84. The summed E-state index contributed by atoms with van der Waals surface area (Å²) in [6.07, 6.45) is 7.36. The number of carbonyl (C=O) groups is 1. The monoisotopic (exact) mass is 432 g/mol. The summed E-state index contributed by atoms with van der Waals surface area (Å²) in [6, 6.07) is 18.3. The Labute approximate surface area is 190 Å². The van der Waals surface area contributed by atoms with Gasteiger partial charge in [0.1, 0.15) is 11.8 Å². The molecule has 1 amide bonds. The average molecular weight is 433 g/mol. The van der Waals surface area contributed by atoms with Gasteiger partial charge in [0.25, 0.3) is 0 Å². The Balaban J connectivity index is 1.49. The highest BCUT2D eigenvalue weighted by atomic mass is 16.6. The molecule has 0 aliphatic carbocycles. The quantitative estimate of drug-likeness (QED) is 0.660. The molecule has 5 nitrogen and oxygen atoms in total. The molecule has 2 aliphatic rings. The summed E-state index contributed by atoms with van der Waals surface area (Å²) in [5.41, 5.74) is 3.73. The van der Waals surface area contributed by atoms with E-state index in [1.807, 2.05) is 42.4 Å². The predicted octanol–water partition coefficient (Wildman–Crippen LogP) is 5.45. The van der Waals surface area contributed by atoms with Gasteiger partial charge in [-0.05, 0) is 41.7 Å². The maximum atomic E-state index is 13.1. The molecule has 0 radical (unpaired) electrons. The van der Waals surface area contributed by atoms with Crippen molar-refractivity contribution in [1.82, 2.24) is 9.80 Å². The van der Waals surface area contributed by atoms with Crippen LogP contribution >= 0.6 is 0 Å². The molecule has 32 heavy (non-hydrogen) atoms. The van der Waals surface area contributed by atoms with Gasteiger partial charge >= 0.3 is 6.09 Å². The molecule has 2 aromatic carbocycles. The van der Waals surface area contributed by atoms with Crippen LogP contribution in [-0.4, -0.2) is 40.8 Å². The van der Waals surface area contributed by atoms with Gasteiger partial charge in [0, 0.05) is 26.2 Å². The van der Waals surface area contributed by atoms with Crippen LogP contribution in [0.4, 0.5) is 4.79 Å². The maximum Gasteiger partial charge on any atom is 0.411 e. The Morgan fingerprint density at radius 2 is 1.88 bits per heavy atom. The van der Waals surface area contributed by atoms with Crippen LogP contribution in [0.2, 0.25) is 0 Å².